The van der Waals surface area contributed by atoms with Gasteiger partial charge in [0.1, 0.15) is 11.5 Å². The lowest BCUT2D eigenvalue weighted by Gasteiger charge is -2.18. The van der Waals surface area contributed by atoms with Crippen LogP contribution in [0.25, 0.3) is 0 Å². The molecule has 27 heavy (non-hydrogen) atoms. The summed E-state index contributed by atoms with van der Waals surface area (Å²) in [5.41, 5.74) is 1.55. The number of rotatable bonds is 10. The number of amides is 1. The lowest BCUT2D eigenvalue weighted by Crippen LogP contribution is -2.31. The molecule has 6 nitrogen and oxygen atoms in total. The highest BCUT2D eigenvalue weighted by atomic mass is 16.5. The van der Waals surface area contributed by atoms with Crippen molar-refractivity contribution >= 4 is 11.9 Å². The first-order valence-corrected chi connectivity index (χ1v) is 8.88. The summed E-state index contributed by atoms with van der Waals surface area (Å²) in [6, 6.07) is 13.7. The Morgan fingerprint density at radius 3 is 2.22 bits per heavy atom. The third-order valence-electron chi connectivity index (χ3n) is 3.99. The van der Waals surface area contributed by atoms with Crippen molar-refractivity contribution in [3.63, 3.8) is 0 Å². The van der Waals surface area contributed by atoms with Crippen molar-refractivity contribution in [3.8, 4) is 11.5 Å². The standard InChI is InChI=1S/C21H25NO5/c1-3-12-27-18-10-6-16(7-11-18)19(14-21(24)25)22-20(23)13-15-4-8-17(26-2)9-5-15/h4-11,19H,3,12-14H2,1-2H3,(H,22,23)(H,24,25)/t19-/m1/s1. The Hall–Kier alpha value is -3.02. The minimum Gasteiger partial charge on any atom is -0.497 e. The van der Waals surface area contributed by atoms with Crippen LogP contribution in [-0.2, 0) is 16.0 Å². The van der Waals surface area contributed by atoms with Gasteiger partial charge in [-0.3, -0.25) is 9.59 Å². The van der Waals surface area contributed by atoms with E-state index in [1.807, 2.05) is 19.1 Å². The molecule has 0 fully saturated rings. The molecule has 0 saturated carbocycles. The zero-order chi connectivity index (χ0) is 19.6. The normalized spacial score (nSPS) is 11.5. The number of aliphatic carboxylic acids is 1. The van der Waals surface area contributed by atoms with E-state index < -0.39 is 12.0 Å². The van der Waals surface area contributed by atoms with E-state index in [0.29, 0.717) is 12.4 Å². The maximum Gasteiger partial charge on any atom is 0.305 e. The highest BCUT2D eigenvalue weighted by molar-refractivity contribution is 5.80. The largest absolute Gasteiger partial charge is 0.497 e. The molecule has 2 aromatic carbocycles. The van der Waals surface area contributed by atoms with Crippen LogP contribution in [0.5, 0.6) is 11.5 Å². The highest BCUT2D eigenvalue weighted by Crippen LogP contribution is 2.21. The Balaban J connectivity index is 2.04. The Labute approximate surface area is 159 Å². The number of nitrogens with one attached hydrogen (secondary N) is 1. The summed E-state index contributed by atoms with van der Waals surface area (Å²) in [4.78, 5) is 23.6. The summed E-state index contributed by atoms with van der Waals surface area (Å²) in [5.74, 6) is 0.223. The highest BCUT2D eigenvalue weighted by Gasteiger charge is 2.18. The minimum absolute atomic E-state index is 0.164. The van der Waals surface area contributed by atoms with Crippen LogP contribution in [0, 0.1) is 0 Å². The van der Waals surface area contributed by atoms with Crippen molar-refractivity contribution in [1.82, 2.24) is 5.32 Å². The molecule has 144 valence electrons. The van der Waals surface area contributed by atoms with Crippen LogP contribution in [-0.4, -0.2) is 30.7 Å². The quantitative estimate of drug-likeness (QED) is 0.669. The number of carboxylic acids is 1. The molecule has 0 aliphatic heterocycles. The Morgan fingerprint density at radius 1 is 1.04 bits per heavy atom. The Kier molecular flexibility index (Phi) is 7.67. The van der Waals surface area contributed by atoms with Gasteiger partial charge < -0.3 is 19.9 Å². The van der Waals surface area contributed by atoms with Crippen LogP contribution in [0.2, 0.25) is 0 Å². The van der Waals surface area contributed by atoms with Gasteiger partial charge in [-0.25, -0.2) is 0 Å². The molecule has 0 spiro atoms. The molecule has 0 heterocycles. The second-order valence-electron chi connectivity index (χ2n) is 6.16. The average Bonchev–Trinajstić information content (AvgIpc) is 2.66. The minimum atomic E-state index is -0.976. The molecule has 0 bridgehead atoms. The molecule has 0 aliphatic carbocycles. The summed E-state index contributed by atoms with van der Waals surface area (Å²) in [5, 5.41) is 12.0. The number of carboxylic acid groups (broad SMARTS) is 1. The third-order valence-corrected chi connectivity index (χ3v) is 3.99. The molecule has 6 heteroatoms. The number of hydrogen-bond acceptors (Lipinski definition) is 4. The maximum absolute atomic E-state index is 12.4. The Morgan fingerprint density at radius 2 is 1.67 bits per heavy atom. The Bertz CT molecular complexity index is 740. The average molecular weight is 371 g/mol. The van der Waals surface area contributed by atoms with Crippen LogP contribution < -0.4 is 14.8 Å². The van der Waals surface area contributed by atoms with Crippen LogP contribution in [0.1, 0.15) is 36.9 Å². The van der Waals surface area contributed by atoms with Crippen LogP contribution in [0.3, 0.4) is 0 Å². The lowest BCUT2D eigenvalue weighted by atomic mass is 10.0. The molecule has 2 aromatic rings. The van der Waals surface area contributed by atoms with Crippen molar-refractivity contribution in [2.24, 2.45) is 0 Å². The molecule has 2 rings (SSSR count). The lowest BCUT2D eigenvalue weighted by molar-refractivity contribution is -0.137. The maximum atomic E-state index is 12.4. The molecule has 0 unspecified atom stereocenters. The molecule has 0 aromatic heterocycles. The van der Waals surface area contributed by atoms with Gasteiger partial charge in [0.25, 0.3) is 0 Å². The molecular formula is C21H25NO5. The van der Waals surface area contributed by atoms with E-state index in [4.69, 9.17) is 9.47 Å². The first kappa shape index (κ1) is 20.3. The van der Waals surface area contributed by atoms with Gasteiger partial charge in [-0.1, -0.05) is 31.2 Å². The first-order valence-electron chi connectivity index (χ1n) is 8.88. The fraction of sp³-hybridized carbons (Fsp3) is 0.333. The first-order chi connectivity index (χ1) is 13.0. The van der Waals surface area contributed by atoms with Crippen molar-refractivity contribution in [3.05, 3.63) is 59.7 Å². The monoisotopic (exact) mass is 371 g/mol. The van der Waals surface area contributed by atoms with E-state index in [0.717, 1.165) is 23.3 Å². The zero-order valence-corrected chi connectivity index (χ0v) is 15.6. The van der Waals surface area contributed by atoms with E-state index in [1.165, 1.54) is 0 Å². The van der Waals surface area contributed by atoms with Crippen molar-refractivity contribution < 1.29 is 24.2 Å². The molecule has 0 aliphatic rings. The van der Waals surface area contributed by atoms with Crippen LogP contribution >= 0.6 is 0 Å². The van der Waals surface area contributed by atoms with Gasteiger partial charge >= 0.3 is 5.97 Å². The second kappa shape index (κ2) is 10.2. The summed E-state index contributed by atoms with van der Waals surface area (Å²) >= 11 is 0. The molecule has 1 amide bonds. The van der Waals surface area contributed by atoms with E-state index in [9.17, 15) is 14.7 Å². The number of methoxy groups -OCH3 is 1. The summed E-state index contributed by atoms with van der Waals surface area (Å²) in [6.45, 7) is 2.64. The molecule has 0 saturated heterocycles. The van der Waals surface area contributed by atoms with Crippen LogP contribution in [0.4, 0.5) is 0 Å². The van der Waals surface area contributed by atoms with Gasteiger partial charge in [-0.15, -0.1) is 0 Å². The SMILES string of the molecule is CCCOc1ccc([C@@H](CC(=O)O)NC(=O)Cc2ccc(OC)cc2)cc1. The van der Waals surface area contributed by atoms with Gasteiger partial charge in [0.05, 0.1) is 32.6 Å². The number of carbonyl (C=O) groups is 2. The van der Waals surface area contributed by atoms with Crippen molar-refractivity contribution in [2.75, 3.05) is 13.7 Å². The molecule has 0 radical (unpaired) electrons. The van der Waals surface area contributed by atoms with Gasteiger partial charge in [-0.2, -0.15) is 0 Å². The fourth-order valence-electron chi connectivity index (χ4n) is 2.62. The van der Waals surface area contributed by atoms with Crippen LogP contribution in [0.15, 0.2) is 48.5 Å². The molecule has 1 atom stereocenters. The molecule has 2 N–H and O–H groups in total. The smallest absolute Gasteiger partial charge is 0.305 e. The summed E-state index contributed by atoms with van der Waals surface area (Å²) < 4.78 is 10.6. The zero-order valence-electron chi connectivity index (χ0n) is 15.6. The van der Waals surface area contributed by atoms with Gasteiger partial charge in [0.2, 0.25) is 5.91 Å². The summed E-state index contributed by atoms with van der Waals surface area (Å²) in [6.07, 6.45) is 0.881. The number of carbonyl (C=O) groups excluding carboxylic acids is 1. The number of hydrogen-bond donors (Lipinski definition) is 2. The number of ether oxygens (including phenoxy) is 2. The van der Waals surface area contributed by atoms with E-state index >= 15 is 0 Å². The molecular weight excluding hydrogens is 346 g/mol. The topological polar surface area (TPSA) is 84.9 Å². The number of benzene rings is 2. The van der Waals surface area contributed by atoms with Gasteiger partial charge in [0, 0.05) is 0 Å². The predicted molar refractivity (Wildman–Crippen MR) is 102 cm³/mol. The fourth-order valence-corrected chi connectivity index (χ4v) is 2.62. The van der Waals surface area contributed by atoms with E-state index in [2.05, 4.69) is 5.32 Å². The van der Waals surface area contributed by atoms with E-state index in [-0.39, 0.29) is 18.7 Å². The van der Waals surface area contributed by atoms with E-state index in [1.54, 1.807) is 43.5 Å². The summed E-state index contributed by atoms with van der Waals surface area (Å²) in [7, 11) is 1.58. The van der Waals surface area contributed by atoms with Gasteiger partial charge in [0.15, 0.2) is 0 Å². The van der Waals surface area contributed by atoms with Gasteiger partial charge in [-0.05, 0) is 41.8 Å². The predicted octanol–water partition coefficient (Wildman–Crippen LogP) is 3.36. The van der Waals surface area contributed by atoms with Crippen molar-refractivity contribution in [2.45, 2.75) is 32.2 Å². The second-order valence-corrected chi connectivity index (χ2v) is 6.16. The third kappa shape index (κ3) is 6.66. The van der Waals surface area contributed by atoms with Crippen molar-refractivity contribution in [1.29, 1.82) is 0 Å².